The zero-order valence-electron chi connectivity index (χ0n) is 12.3. The Morgan fingerprint density at radius 3 is 2.04 bits per heavy atom. The molecule has 0 saturated carbocycles. The minimum Gasteiger partial charge on any atom is -0.425 e. The normalized spacial score (nSPS) is 11.2. The second-order valence-electron chi connectivity index (χ2n) is 5.05. The van der Waals surface area contributed by atoms with Crippen LogP contribution in [-0.4, -0.2) is 12.0 Å². The molecule has 0 unspecified atom stereocenters. The van der Waals surface area contributed by atoms with E-state index in [-0.39, 0.29) is 21.5 Å². The third-order valence-electron chi connectivity index (χ3n) is 2.83. The van der Waals surface area contributed by atoms with E-state index in [0.717, 1.165) is 11.1 Å². The van der Waals surface area contributed by atoms with Gasteiger partial charge in [-0.3, -0.25) is 4.79 Å². The first kappa shape index (κ1) is 17.5. The Morgan fingerprint density at radius 2 is 1.52 bits per heavy atom. The molecular weight excluding hydrogens is 347 g/mol. The first-order valence-corrected chi connectivity index (χ1v) is 7.34. The van der Waals surface area contributed by atoms with Gasteiger partial charge >= 0.3 is 12.0 Å². The fourth-order valence-corrected chi connectivity index (χ4v) is 2.54. The highest BCUT2D eigenvalue weighted by atomic mass is 35.5. The Balaban J connectivity index is 2.16. The molecule has 3 nitrogen and oxygen atoms in total. The summed E-state index contributed by atoms with van der Waals surface area (Å²) in [6.45, 7) is 3.48. The zero-order chi connectivity index (χ0) is 17.2. The SMILES string of the molecule is Cc1cc(C)cc(OC(F)(F)C(=O)Nc2cc(Cl)cc(Cl)c2)c1. The van der Waals surface area contributed by atoms with Crippen LogP contribution in [0.25, 0.3) is 0 Å². The molecular formula is C16H13Cl2F2NO2. The van der Waals surface area contributed by atoms with E-state index in [1.54, 1.807) is 19.9 Å². The van der Waals surface area contributed by atoms with Crippen molar-refractivity contribution in [2.24, 2.45) is 0 Å². The minimum absolute atomic E-state index is 0.0520. The van der Waals surface area contributed by atoms with E-state index >= 15 is 0 Å². The van der Waals surface area contributed by atoms with Gasteiger partial charge in [-0.15, -0.1) is 0 Å². The lowest BCUT2D eigenvalue weighted by Crippen LogP contribution is -2.40. The Bertz CT molecular complexity index is 710. The number of anilines is 1. The molecule has 0 saturated heterocycles. The molecule has 7 heteroatoms. The van der Waals surface area contributed by atoms with Gasteiger partial charge in [-0.05, 0) is 55.3 Å². The molecule has 0 spiro atoms. The van der Waals surface area contributed by atoms with Crippen molar-refractivity contribution in [3.05, 3.63) is 57.6 Å². The maximum atomic E-state index is 14.0. The maximum Gasteiger partial charge on any atom is 0.482 e. The van der Waals surface area contributed by atoms with E-state index in [2.05, 4.69) is 4.74 Å². The number of benzene rings is 2. The largest absolute Gasteiger partial charge is 0.482 e. The third-order valence-corrected chi connectivity index (χ3v) is 3.26. The maximum absolute atomic E-state index is 14.0. The number of hydrogen-bond donors (Lipinski definition) is 1. The number of halogens is 4. The summed E-state index contributed by atoms with van der Waals surface area (Å²) in [5.41, 5.74) is 1.55. The number of carbonyl (C=O) groups is 1. The van der Waals surface area contributed by atoms with Crippen LogP contribution >= 0.6 is 23.2 Å². The molecule has 0 radical (unpaired) electrons. The van der Waals surface area contributed by atoms with Gasteiger partial charge in [0, 0.05) is 15.7 Å². The topological polar surface area (TPSA) is 38.3 Å². The van der Waals surface area contributed by atoms with Crippen molar-refractivity contribution < 1.29 is 18.3 Å². The van der Waals surface area contributed by atoms with Gasteiger partial charge in [0.1, 0.15) is 5.75 Å². The summed E-state index contributed by atoms with van der Waals surface area (Å²) in [5, 5.41) is 2.46. The highest BCUT2D eigenvalue weighted by molar-refractivity contribution is 6.35. The van der Waals surface area contributed by atoms with E-state index in [4.69, 9.17) is 23.2 Å². The van der Waals surface area contributed by atoms with Crippen molar-refractivity contribution in [1.82, 2.24) is 0 Å². The van der Waals surface area contributed by atoms with Gasteiger partial charge in [-0.2, -0.15) is 8.78 Å². The van der Waals surface area contributed by atoms with E-state index < -0.39 is 12.0 Å². The number of amides is 1. The molecule has 0 aliphatic carbocycles. The van der Waals surface area contributed by atoms with Crippen LogP contribution in [0.4, 0.5) is 14.5 Å². The summed E-state index contributed by atoms with van der Waals surface area (Å²) in [6.07, 6.45) is -4.05. The van der Waals surface area contributed by atoms with Gasteiger partial charge in [-0.25, -0.2) is 0 Å². The molecule has 2 aromatic carbocycles. The van der Waals surface area contributed by atoms with Crippen LogP contribution < -0.4 is 10.1 Å². The molecule has 2 aromatic rings. The molecule has 0 atom stereocenters. The van der Waals surface area contributed by atoms with Crippen LogP contribution in [0.5, 0.6) is 5.75 Å². The van der Waals surface area contributed by atoms with Crippen molar-refractivity contribution in [3.8, 4) is 5.75 Å². The summed E-state index contributed by atoms with van der Waals surface area (Å²) in [6, 6.07) is 8.67. The first-order chi connectivity index (χ1) is 10.7. The number of ether oxygens (including phenoxy) is 1. The van der Waals surface area contributed by atoms with Crippen LogP contribution in [-0.2, 0) is 4.79 Å². The Labute approximate surface area is 142 Å². The summed E-state index contributed by atoms with van der Waals surface area (Å²) in [4.78, 5) is 11.8. The van der Waals surface area contributed by atoms with E-state index in [1.165, 1.54) is 30.3 Å². The number of nitrogens with one attached hydrogen (secondary N) is 1. The van der Waals surface area contributed by atoms with Gasteiger partial charge in [-0.1, -0.05) is 29.3 Å². The lowest BCUT2D eigenvalue weighted by Gasteiger charge is -2.18. The average molecular weight is 360 g/mol. The summed E-state index contributed by atoms with van der Waals surface area (Å²) in [7, 11) is 0. The van der Waals surface area contributed by atoms with Crippen LogP contribution in [0.3, 0.4) is 0 Å². The van der Waals surface area contributed by atoms with Gasteiger partial charge in [0.05, 0.1) is 0 Å². The fraction of sp³-hybridized carbons (Fsp3) is 0.188. The smallest absolute Gasteiger partial charge is 0.425 e. The lowest BCUT2D eigenvalue weighted by molar-refractivity contribution is -0.187. The number of aryl methyl sites for hydroxylation is 2. The molecule has 1 amide bonds. The van der Waals surface area contributed by atoms with E-state index in [1.807, 2.05) is 5.32 Å². The fourth-order valence-electron chi connectivity index (χ4n) is 2.02. The highest BCUT2D eigenvalue weighted by Crippen LogP contribution is 2.27. The number of rotatable bonds is 4. The monoisotopic (exact) mass is 359 g/mol. The molecule has 23 heavy (non-hydrogen) atoms. The highest BCUT2D eigenvalue weighted by Gasteiger charge is 2.42. The minimum atomic E-state index is -4.05. The molecule has 0 bridgehead atoms. The number of carbonyl (C=O) groups excluding carboxylic acids is 1. The summed E-state index contributed by atoms with van der Waals surface area (Å²) in [5.74, 6) is -1.71. The molecule has 1 N–H and O–H groups in total. The quantitative estimate of drug-likeness (QED) is 0.812. The second-order valence-corrected chi connectivity index (χ2v) is 5.93. The molecule has 2 rings (SSSR count). The lowest BCUT2D eigenvalue weighted by atomic mass is 10.1. The standard InChI is InChI=1S/C16H13Cl2F2NO2/c1-9-3-10(2)5-14(4-9)23-16(19,20)15(22)21-13-7-11(17)6-12(18)8-13/h3-8H,1-2H3,(H,21,22). The van der Waals surface area contributed by atoms with Crippen molar-refractivity contribution in [3.63, 3.8) is 0 Å². The predicted octanol–water partition coefficient (Wildman–Crippen LogP) is 5.22. The molecule has 0 aliphatic rings. The van der Waals surface area contributed by atoms with Crippen LogP contribution in [0, 0.1) is 13.8 Å². The van der Waals surface area contributed by atoms with Gasteiger partial charge in [0.25, 0.3) is 0 Å². The van der Waals surface area contributed by atoms with Crippen LogP contribution in [0.15, 0.2) is 36.4 Å². The van der Waals surface area contributed by atoms with Crippen molar-refractivity contribution in [2.45, 2.75) is 20.0 Å². The van der Waals surface area contributed by atoms with Gasteiger partial charge in [0.2, 0.25) is 0 Å². The Kier molecular flexibility index (Phi) is 5.12. The predicted molar refractivity (Wildman–Crippen MR) is 86.6 cm³/mol. The molecule has 122 valence electrons. The van der Waals surface area contributed by atoms with E-state index in [9.17, 15) is 13.6 Å². The average Bonchev–Trinajstić information content (AvgIpc) is 2.35. The van der Waals surface area contributed by atoms with Gasteiger partial charge < -0.3 is 10.1 Å². The Morgan fingerprint density at radius 1 is 1.00 bits per heavy atom. The Hall–Kier alpha value is -1.85. The molecule has 0 aliphatic heterocycles. The van der Waals surface area contributed by atoms with Gasteiger partial charge in [0.15, 0.2) is 0 Å². The van der Waals surface area contributed by atoms with Crippen molar-refractivity contribution >= 4 is 34.8 Å². The van der Waals surface area contributed by atoms with E-state index in [0.29, 0.717) is 0 Å². The third kappa shape index (κ3) is 4.81. The number of hydrogen-bond acceptors (Lipinski definition) is 2. The second kappa shape index (κ2) is 6.72. The first-order valence-electron chi connectivity index (χ1n) is 6.58. The number of alkyl halides is 2. The van der Waals surface area contributed by atoms with Crippen molar-refractivity contribution in [2.75, 3.05) is 5.32 Å². The molecule has 0 fully saturated rings. The zero-order valence-corrected chi connectivity index (χ0v) is 13.8. The summed E-state index contributed by atoms with van der Waals surface area (Å²) < 4.78 is 32.5. The van der Waals surface area contributed by atoms with Crippen LogP contribution in [0.1, 0.15) is 11.1 Å². The molecule has 0 aromatic heterocycles. The van der Waals surface area contributed by atoms with Crippen molar-refractivity contribution in [1.29, 1.82) is 0 Å². The molecule has 0 heterocycles. The summed E-state index contributed by atoms with van der Waals surface area (Å²) >= 11 is 11.5. The van der Waals surface area contributed by atoms with Crippen LogP contribution in [0.2, 0.25) is 10.0 Å².